The Balaban J connectivity index is 2.13. The fourth-order valence-corrected chi connectivity index (χ4v) is 2.44. The van der Waals surface area contributed by atoms with Crippen molar-refractivity contribution in [2.24, 2.45) is 0 Å². The number of nitrogens with zero attached hydrogens (tertiary/aromatic N) is 3. The van der Waals surface area contributed by atoms with Crippen molar-refractivity contribution in [3.8, 4) is 11.4 Å². The summed E-state index contributed by atoms with van der Waals surface area (Å²) < 4.78 is 0. The van der Waals surface area contributed by atoms with Crippen LogP contribution in [-0.4, -0.2) is 29.0 Å². The highest BCUT2D eigenvalue weighted by Gasteiger charge is 2.11. The van der Waals surface area contributed by atoms with Crippen molar-refractivity contribution >= 4 is 40.2 Å². The highest BCUT2D eigenvalue weighted by molar-refractivity contribution is 6.36. The van der Waals surface area contributed by atoms with Crippen molar-refractivity contribution in [3.63, 3.8) is 0 Å². The zero-order valence-electron chi connectivity index (χ0n) is 11.0. The molecular formula is C14H12Cl2N4. The number of halogens is 2. The van der Waals surface area contributed by atoms with Gasteiger partial charge in [0.25, 0.3) is 0 Å². The maximum absolute atomic E-state index is 6.20. The largest absolute Gasteiger partial charge is 0.363 e. The number of imidazole rings is 1. The molecule has 0 aliphatic heterocycles. The van der Waals surface area contributed by atoms with Crippen molar-refractivity contribution < 1.29 is 0 Å². The maximum atomic E-state index is 6.20. The van der Waals surface area contributed by atoms with Crippen LogP contribution in [0.25, 0.3) is 22.6 Å². The van der Waals surface area contributed by atoms with E-state index in [1.807, 2.05) is 37.2 Å². The summed E-state index contributed by atoms with van der Waals surface area (Å²) >= 11 is 12.1. The molecule has 0 fully saturated rings. The number of pyridine rings is 1. The SMILES string of the molecule is CN(C)c1ccc2[nH]c(-c3ccc(Cl)cc3Cl)nc2n1. The van der Waals surface area contributed by atoms with E-state index in [0.29, 0.717) is 21.5 Å². The first-order valence-corrected chi connectivity index (χ1v) is 6.80. The lowest BCUT2D eigenvalue weighted by Gasteiger charge is -2.09. The van der Waals surface area contributed by atoms with Gasteiger partial charge in [0.15, 0.2) is 5.65 Å². The van der Waals surface area contributed by atoms with Crippen LogP contribution < -0.4 is 4.90 Å². The quantitative estimate of drug-likeness (QED) is 0.778. The molecule has 0 aliphatic carbocycles. The molecule has 0 radical (unpaired) electrons. The van der Waals surface area contributed by atoms with Crippen LogP contribution in [0.1, 0.15) is 0 Å². The number of hydrogen-bond acceptors (Lipinski definition) is 3. The van der Waals surface area contributed by atoms with E-state index in [2.05, 4.69) is 15.0 Å². The van der Waals surface area contributed by atoms with Gasteiger partial charge in [0, 0.05) is 24.7 Å². The Morgan fingerprint density at radius 2 is 1.85 bits per heavy atom. The number of benzene rings is 1. The maximum Gasteiger partial charge on any atom is 0.180 e. The number of H-pyrrole nitrogens is 1. The van der Waals surface area contributed by atoms with Crippen LogP contribution in [0.5, 0.6) is 0 Å². The van der Waals surface area contributed by atoms with E-state index in [9.17, 15) is 0 Å². The predicted molar refractivity (Wildman–Crippen MR) is 83.7 cm³/mol. The first-order chi connectivity index (χ1) is 9.54. The Labute approximate surface area is 126 Å². The molecular weight excluding hydrogens is 295 g/mol. The normalized spacial score (nSPS) is 11.0. The van der Waals surface area contributed by atoms with Crippen LogP contribution in [0.2, 0.25) is 10.0 Å². The van der Waals surface area contributed by atoms with Crippen molar-refractivity contribution in [2.75, 3.05) is 19.0 Å². The van der Waals surface area contributed by atoms with Gasteiger partial charge in [-0.3, -0.25) is 0 Å². The summed E-state index contributed by atoms with van der Waals surface area (Å²) in [6.45, 7) is 0. The topological polar surface area (TPSA) is 44.8 Å². The molecule has 0 unspecified atom stereocenters. The van der Waals surface area contributed by atoms with E-state index in [1.54, 1.807) is 12.1 Å². The lowest BCUT2D eigenvalue weighted by atomic mass is 10.2. The average molecular weight is 307 g/mol. The number of aromatic nitrogens is 3. The summed E-state index contributed by atoms with van der Waals surface area (Å²) in [6, 6.07) is 9.22. The minimum Gasteiger partial charge on any atom is -0.363 e. The number of hydrogen-bond donors (Lipinski definition) is 1. The second-order valence-electron chi connectivity index (χ2n) is 4.64. The van der Waals surface area contributed by atoms with E-state index in [-0.39, 0.29) is 0 Å². The van der Waals surface area contributed by atoms with E-state index < -0.39 is 0 Å². The molecule has 20 heavy (non-hydrogen) atoms. The first kappa shape index (κ1) is 13.2. The third-order valence-electron chi connectivity index (χ3n) is 2.98. The van der Waals surface area contributed by atoms with Gasteiger partial charge in [-0.2, -0.15) is 0 Å². The predicted octanol–water partition coefficient (Wildman–Crippen LogP) is 4.00. The van der Waals surface area contributed by atoms with Crippen molar-refractivity contribution in [2.45, 2.75) is 0 Å². The smallest absolute Gasteiger partial charge is 0.180 e. The fourth-order valence-electron chi connectivity index (χ4n) is 1.94. The van der Waals surface area contributed by atoms with Crippen LogP contribution in [0.3, 0.4) is 0 Å². The van der Waals surface area contributed by atoms with Gasteiger partial charge in [-0.1, -0.05) is 23.2 Å². The Morgan fingerprint density at radius 3 is 2.55 bits per heavy atom. The Hall–Kier alpha value is -1.78. The number of rotatable bonds is 2. The van der Waals surface area contributed by atoms with Crippen LogP contribution in [0.4, 0.5) is 5.82 Å². The van der Waals surface area contributed by atoms with Gasteiger partial charge in [0.2, 0.25) is 0 Å². The first-order valence-electron chi connectivity index (χ1n) is 6.04. The van der Waals surface area contributed by atoms with Gasteiger partial charge in [-0.25, -0.2) is 9.97 Å². The van der Waals surface area contributed by atoms with E-state index in [1.165, 1.54) is 0 Å². The van der Waals surface area contributed by atoms with Gasteiger partial charge < -0.3 is 9.88 Å². The second kappa shape index (κ2) is 4.96. The van der Waals surface area contributed by atoms with Crippen molar-refractivity contribution in [1.82, 2.24) is 15.0 Å². The highest BCUT2D eigenvalue weighted by Crippen LogP contribution is 2.29. The van der Waals surface area contributed by atoms with Gasteiger partial charge >= 0.3 is 0 Å². The lowest BCUT2D eigenvalue weighted by molar-refractivity contribution is 1.08. The average Bonchev–Trinajstić information content (AvgIpc) is 2.80. The van der Waals surface area contributed by atoms with E-state index in [4.69, 9.17) is 23.2 Å². The molecule has 1 N–H and O–H groups in total. The molecule has 0 spiro atoms. The molecule has 0 amide bonds. The third kappa shape index (κ3) is 2.32. The molecule has 2 aromatic heterocycles. The fraction of sp³-hybridized carbons (Fsp3) is 0.143. The Morgan fingerprint density at radius 1 is 1.05 bits per heavy atom. The molecule has 0 saturated carbocycles. The van der Waals surface area contributed by atoms with Crippen LogP contribution in [-0.2, 0) is 0 Å². The Kier molecular flexibility index (Phi) is 3.28. The minimum absolute atomic E-state index is 0.560. The summed E-state index contributed by atoms with van der Waals surface area (Å²) in [4.78, 5) is 14.1. The van der Waals surface area contributed by atoms with Crippen molar-refractivity contribution in [1.29, 1.82) is 0 Å². The number of anilines is 1. The third-order valence-corrected chi connectivity index (χ3v) is 3.52. The second-order valence-corrected chi connectivity index (χ2v) is 5.49. The standard InChI is InChI=1S/C14H12Cl2N4/c1-20(2)12-6-5-11-14(18-12)19-13(17-11)9-4-3-8(15)7-10(9)16/h3-7H,1-2H3,(H,17,18,19). The molecule has 2 heterocycles. The van der Waals surface area contributed by atoms with E-state index in [0.717, 1.165) is 16.9 Å². The van der Waals surface area contributed by atoms with Gasteiger partial charge in [-0.15, -0.1) is 0 Å². The van der Waals surface area contributed by atoms with Gasteiger partial charge in [-0.05, 0) is 30.3 Å². The number of nitrogens with one attached hydrogen (secondary N) is 1. The summed E-state index contributed by atoms with van der Waals surface area (Å²) in [5, 5.41) is 1.16. The molecule has 3 rings (SSSR count). The molecule has 4 nitrogen and oxygen atoms in total. The molecule has 0 saturated heterocycles. The Bertz CT molecular complexity index is 780. The molecule has 0 bridgehead atoms. The monoisotopic (exact) mass is 306 g/mol. The van der Waals surface area contributed by atoms with Crippen LogP contribution in [0.15, 0.2) is 30.3 Å². The number of aromatic amines is 1. The lowest BCUT2D eigenvalue weighted by Crippen LogP contribution is -2.10. The van der Waals surface area contributed by atoms with Crippen molar-refractivity contribution in [3.05, 3.63) is 40.4 Å². The molecule has 0 atom stereocenters. The summed E-state index contributed by atoms with van der Waals surface area (Å²) in [5.41, 5.74) is 2.34. The highest BCUT2D eigenvalue weighted by atomic mass is 35.5. The van der Waals surface area contributed by atoms with Gasteiger partial charge in [0.1, 0.15) is 11.6 Å². The summed E-state index contributed by atoms with van der Waals surface area (Å²) in [7, 11) is 3.88. The van der Waals surface area contributed by atoms with Crippen LogP contribution >= 0.6 is 23.2 Å². The zero-order chi connectivity index (χ0) is 14.3. The summed E-state index contributed by atoms with van der Waals surface area (Å²) in [5.74, 6) is 1.54. The zero-order valence-corrected chi connectivity index (χ0v) is 12.5. The molecule has 0 aliphatic rings. The summed E-state index contributed by atoms with van der Waals surface area (Å²) in [6.07, 6.45) is 0. The molecule has 6 heteroatoms. The molecule has 1 aromatic carbocycles. The van der Waals surface area contributed by atoms with E-state index >= 15 is 0 Å². The van der Waals surface area contributed by atoms with Gasteiger partial charge in [0.05, 0.1) is 10.5 Å². The minimum atomic E-state index is 0.560. The number of fused-ring (bicyclic) bond motifs is 1. The molecule has 3 aromatic rings. The molecule has 102 valence electrons. The van der Waals surface area contributed by atoms with Crippen LogP contribution in [0, 0.1) is 0 Å².